The number of carbonyl (C=O) groups is 1. The highest BCUT2D eigenvalue weighted by atomic mass is 32.1. The number of benzene rings is 3. The number of rotatable bonds is 6. The Labute approximate surface area is 217 Å². The molecule has 6 rings (SSSR count). The van der Waals surface area contributed by atoms with Crippen molar-refractivity contribution in [2.75, 3.05) is 12.0 Å². The first kappa shape index (κ1) is 22.8. The van der Waals surface area contributed by atoms with Gasteiger partial charge in [-0.15, -0.1) is 0 Å². The Morgan fingerprint density at radius 1 is 0.865 bits per heavy atom. The van der Waals surface area contributed by atoms with Crippen LogP contribution in [0.15, 0.2) is 103 Å². The molecule has 6 aromatic rings. The Balaban J connectivity index is 1.51. The molecule has 1 amide bonds. The van der Waals surface area contributed by atoms with E-state index in [1.54, 1.807) is 18.2 Å². The predicted octanol–water partition coefficient (Wildman–Crippen LogP) is 6.76. The molecule has 0 unspecified atom stereocenters. The van der Waals surface area contributed by atoms with Gasteiger partial charge in [0.25, 0.3) is 5.91 Å². The van der Waals surface area contributed by atoms with Crippen LogP contribution in [0.2, 0.25) is 0 Å². The molecule has 0 aliphatic carbocycles. The van der Waals surface area contributed by atoms with E-state index in [0.29, 0.717) is 10.7 Å². The van der Waals surface area contributed by atoms with Gasteiger partial charge in [0.2, 0.25) is 0 Å². The summed E-state index contributed by atoms with van der Waals surface area (Å²) in [7, 11) is 1.64. The molecule has 0 spiro atoms. The maximum absolute atomic E-state index is 14.4. The second kappa shape index (κ2) is 9.79. The molecule has 0 aliphatic rings. The Morgan fingerprint density at radius 2 is 1.68 bits per heavy atom. The summed E-state index contributed by atoms with van der Waals surface area (Å²) < 4.78 is 6.33. The maximum atomic E-state index is 14.4. The first-order valence-corrected chi connectivity index (χ1v) is 12.6. The zero-order chi connectivity index (χ0) is 25.2. The van der Waals surface area contributed by atoms with Gasteiger partial charge < -0.3 is 4.74 Å². The van der Waals surface area contributed by atoms with Gasteiger partial charge in [0.15, 0.2) is 5.13 Å². The van der Waals surface area contributed by atoms with Crippen LogP contribution in [0.3, 0.4) is 0 Å². The molecule has 0 saturated heterocycles. The van der Waals surface area contributed by atoms with Crippen molar-refractivity contribution in [1.29, 1.82) is 0 Å². The number of hydrogen-bond donors (Lipinski definition) is 0. The summed E-state index contributed by atoms with van der Waals surface area (Å²) in [4.78, 5) is 30.2. The average Bonchev–Trinajstić information content (AvgIpc) is 3.39. The van der Waals surface area contributed by atoms with Gasteiger partial charge in [0, 0.05) is 17.1 Å². The molecule has 0 atom stereocenters. The molecule has 3 heterocycles. The summed E-state index contributed by atoms with van der Waals surface area (Å²) >= 11 is 1.45. The third-order valence-electron chi connectivity index (χ3n) is 6.12. The van der Waals surface area contributed by atoms with Crippen LogP contribution in [0.1, 0.15) is 16.1 Å². The molecule has 0 aliphatic heterocycles. The first-order chi connectivity index (χ1) is 18.2. The highest BCUT2D eigenvalue weighted by Crippen LogP contribution is 2.34. The summed E-state index contributed by atoms with van der Waals surface area (Å²) in [5, 5.41) is 1.39. The van der Waals surface area contributed by atoms with Crippen LogP contribution < -0.4 is 9.64 Å². The van der Waals surface area contributed by atoms with Gasteiger partial charge >= 0.3 is 0 Å². The summed E-state index contributed by atoms with van der Waals surface area (Å²) in [6, 6.07) is 30.9. The van der Waals surface area contributed by atoms with Crippen molar-refractivity contribution in [3.05, 3.63) is 115 Å². The predicted molar refractivity (Wildman–Crippen MR) is 148 cm³/mol. The summed E-state index contributed by atoms with van der Waals surface area (Å²) in [5.74, 6) is 0.588. The van der Waals surface area contributed by atoms with Crippen molar-refractivity contribution in [2.24, 2.45) is 0 Å². The molecule has 0 N–H and O–H groups in total. The number of anilines is 1. The number of carbonyl (C=O) groups excluding carboxylic acids is 1. The number of aromatic nitrogens is 3. The zero-order valence-electron chi connectivity index (χ0n) is 20.0. The Hall–Kier alpha value is -4.62. The van der Waals surface area contributed by atoms with Crippen molar-refractivity contribution in [1.82, 2.24) is 15.0 Å². The van der Waals surface area contributed by atoms with Crippen LogP contribution in [0.25, 0.3) is 32.4 Å². The second-order valence-electron chi connectivity index (χ2n) is 8.48. The first-order valence-electron chi connectivity index (χ1n) is 11.8. The monoisotopic (exact) mass is 502 g/mol. The van der Waals surface area contributed by atoms with Crippen molar-refractivity contribution in [2.45, 2.75) is 6.54 Å². The molecule has 0 radical (unpaired) electrons. The number of thiazole rings is 1. The SMILES string of the molecule is COc1ccc2nc(N(Cc3ccccn3)C(=O)c3cc(-c4ccccc4)nc4ccccc34)sc2c1. The molecule has 180 valence electrons. The van der Waals surface area contributed by atoms with Crippen molar-refractivity contribution >= 4 is 43.5 Å². The normalized spacial score (nSPS) is 11.1. The van der Waals surface area contributed by atoms with Crippen LogP contribution >= 0.6 is 11.3 Å². The summed E-state index contributed by atoms with van der Waals surface area (Å²) in [5.41, 5.74) is 4.61. The van der Waals surface area contributed by atoms with E-state index in [9.17, 15) is 4.79 Å². The van der Waals surface area contributed by atoms with Crippen molar-refractivity contribution in [3.8, 4) is 17.0 Å². The number of methoxy groups -OCH3 is 1. The smallest absolute Gasteiger partial charge is 0.261 e. The second-order valence-corrected chi connectivity index (χ2v) is 9.49. The Kier molecular flexibility index (Phi) is 6.04. The zero-order valence-corrected chi connectivity index (χ0v) is 20.9. The minimum atomic E-state index is -0.160. The minimum Gasteiger partial charge on any atom is -0.497 e. The average molecular weight is 503 g/mol. The van der Waals surface area contributed by atoms with Gasteiger partial charge in [-0.3, -0.25) is 14.7 Å². The van der Waals surface area contributed by atoms with Crippen LogP contribution in [-0.4, -0.2) is 28.0 Å². The minimum absolute atomic E-state index is 0.160. The van der Waals surface area contributed by atoms with E-state index in [0.717, 1.165) is 43.8 Å². The van der Waals surface area contributed by atoms with E-state index in [4.69, 9.17) is 14.7 Å². The topological polar surface area (TPSA) is 68.2 Å². The van der Waals surface area contributed by atoms with Crippen LogP contribution in [0.4, 0.5) is 5.13 Å². The number of hydrogen-bond acceptors (Lipinski definition) is 6. The lowest BCUT2D eigenvalue weighted by Gasteiger charge is -2.21. The van der Waals surface area contributed by atoms with Crippen LogP contribution in [0, 0.1) is 0 Å². The van der Waals surface area contributed by atoms with Crippen LogP contribution in [0.5, 0.6) is 5.75 Å². The van der Waals surface area contributed by atoms with Gasteiger partial charge in [-0.25, -0.2) is 9.97 Å². The largest absolute Gasteiger partial charge is 0.497 e. The van der Waals surface area contributed by atoms with E-state index in [-0.39, 0.29) is 12.5 Å². The number of fused-ring (bicyclic) bond motifs is 2. The third kappa shape index (κ3) is 4.52. The lowest BCUT2D eigenvalue weighted by Crippen LogP contribution is -2.31. The molecule has 6 nitrogen and oxygen atoms in total. The number of ether oxygens (including phenoxy) is 1. The molecule has 0 fully saturated rings. The van der Waals surface area contributed by atoms with E-state index in [1.807, 2.05) is 97.1 Å². The highest BCUT2D eigenvalue weighted by molar-refractivity contribution is 7.22. The lowest BCUT2D eigenvalue weighted by molar-refractivity contribution is 0.0986. The van der Waals surface area contributed by atoms with Gasteiger partial charge in [-0.05, 0) is 42.5 Å². The Morgan fingerprint density at radius 3 is 2.49 bits per heavy atom. The van der Waals surface area contributed by atoms with Gasteiger partial charge in [-0.1, -0.05) is 65.9 Å². The number of nitrogens with zero attached hydrogens (tertiary/aromatic N) is 4. The maximum Gasteiger partial charge on any atom is 0.261 e. The van der Waals surface area contributed by atoms with Gasteiger partial charge in [0.1, 0.15) is 5.75 Å². The molecule has 3 aromatic carbocycles. The fourth-order valence-corrected chi connectivity index (χ4v) is 5.26. The van der Waals surface area contributed by atoms with E-state index in [2.05, 4.69) is 4.98 Å². The van der Waals surface area contributed by atoms with Crippen LogP contribution in [-0.2, 0) is 6.54 Å². The third-order valence-corrected chi connectivity index (χ3v) is 7.16. The van der Waals surface area contributed by atoms with E-state index in [1.165, 1.54) is 11.3 Å². The number of para-hydroxylation sites is 1. The lowest BCUT2D eigenvalue weighted by atomic mass is 10.0. The quantitative estimate of drug-likeness (QED) is 0.252. The number of pyridine rings is 2. The molecule has 0 saturated carbocycles. The van der Waals surface area contributed by atoms with Crippen molar-refractivity contribution < 1.29 is 9.53 Å². The summed E-state index contributed by atoms with van der Waals surface area (Å²) in [6.07, 6.45) is 1.73. The standard InChI is InChI=1S/C30H22N4O2S/c1-36-22-14-15-26-28(17-22)37-30(33-26)34(19-21-11-7-8-16-31-21)29(35)24-18-27(20-9-3-2-4-10-20)32-25-13-6-5-12-23(24)25/h2-18H,19H2,1H3. The van der Waals surface area contributed by atoms with Crippen molar-refractivity contribution in [3.63, 3.8) is 0 Å². The molecular weight excluding hydrogens is 480 g/mol. The molecule has 7 heteroatoms. The van der Waals surface area contributed by atoms with E-state index >= 15 is 0 Å². The fourth-order valence-electron chi connectivity index (χ4n) is 4.27. The molecule has 37 heavy (non-hydrogen) atoms. The van der Waals surface area contributed by atoms with E-state index < -0.39 is 0 Å². The number of amides is 1. The molecular formula is C30H22N4O2S. The molecule has 3 aromatic heterocycles. The van der Waals surface area contributed by atoms with Gasteiger partial charge in [-0.2, -0.15) is 0 Å². The Bertz CT molecular complexity index is 1720. The highest BCUT2D eigenvalue weighted by Gasteiger charge is 2.25. The van der Waals surface area contributed by atoms with Gasteiger partial charge in [0.05, 0.1) is 46.3 Å². The fraction of sp³-hybridized carbons (Fsp3) is 0.0667. The summed E-state index contributed by atoms with van der Waals surface area (Å²) in [6.45, 7) is 0.286. The molecule has 0 bridgehead atoms.